The van der Waals surface area contributed by atoms with Gasteiger partial charge in [-0.1, -0.05) is 29.8 Å². The van der Waals surface area contributed by atoms with E-state index >= 15 is 0 Å². The number of hydrogen-bond acceptors (Lipinski definition) is 5. The summed E-state index contributed by atoms with van der Waals surface area (Å²) in [6, 6.07) is 13.4. The van der Waals surface area contributed by atoms with Crippen LogP contribution in [0, 0.1) is 17.0 Å². The number of rotatable bonds is 6. The van der Waals surface area contributed by atoms with Gasteiger partial charge in [0.15, 0.2) is 0 Å². The van der Waals surface area contributed by atoms with Crippen LogP contribution >= 0.6 is 11.6 Å². The first-order valence-electron chi connectivity index (χ1n) is 8.66. The summed E-state index contributed by atoms with van der Waals surface area (Å²) in [5.74, 6) is -0.506. The number of hydrogen-bond donors (Lipinski definition) is 0. The van der Waals surface area contributed by atoms with Crippen LogP contribution < -0.4 is 0 Å². The first kappa shape index (κ1) is 19.6. The molecule has 0 N–H and O–H groups in total. The molecule has 0 bridgehead atoms. The van der Waals surface area contributed by atoms with Gasteiger partial charge in [-0.25, -0.2) is 9.48 Å². The van der Waals surface area contributed by atoms with Crippen LogP contribution in [0.5, 0.6) is 0 Å². The molecule has 0 radical (unpaired) electrons. The predicted octanol–water partition coefficient (Wildman–Crippen LogP) is 4.51. The lowest BCUT2D eigenvalue weighted by Crippen LogP contribution is -2.11. The summed E-state index contributed by atoms with van der Waals surface area (Å²) >= 11 is 5.97. The monoisotopic (exact) mass is 399 g/mol. The van der Waals surface area contributed by atoms with E-state index in [-0.39, 0.29) is 18.7 Å². The van der Waals surface area contributed by atoms with Crippen molar-refractivity contribution in [1.29, 1.82) is 0 Å². The zero-order valence-corrected chi connectivity index (χ0v) is 16.1. The predicted molar refractivity (Wildman–Crippen MR) is 105 cm³/mol. The van der Waals surface area contributed by atoms with E-state index < -0.39 is 10.9 Å². The van der Waals surface area contributed by atoms with Crippen molar-refractivity contribution in [3.8, 4) is 5.69 Å². The Morgan fingerprint density at radius 2 is 1.89 bits per heavy atom. The lowest BCUT2D eigenvalue weighted by atomic mass is 10.0. The molecule has 0 fully saturated rings. The SMILES string of the molecule is CCOC(=O)c1c(C)nn(-c2ccc(Cl)cc2)c1Cc1ccccc1[N+](=O)[O-]. The first-order chi connectivity index (χ1) is 13.4. The highest BCUT2D eigenvalue weighted by atomic mass is 35.5. The molecule has 0 saturated carbocycles. The molecule has 8 heteroatoms. The van der Waals surface area contributed by atoms with E-state index in [0.29, 0.717) is 33.2 Å². The topological polar surface area (TPSA) is 87.3 Å². The standard InChI is InChI=1S/C20H18ClN3O4/c1-3-28-20(25)19-13(2)22-23(16-10-8-15(21)9-11-16)18(19)12-14-6-4-5-7-17(14)24(26)27/h4-11H,3,12H2,1-2H3. The Kier molecular flexibility index (Phi) is 5.75. The molecular formula is C20H18ClN3O4. The largest absolute Gasteiger partial charge is 0.462 e. The summed E-state index contributed by atoms with van der Waals surface area (Å²) in [6.07, 6.45) is 0.148. The minimum atomic E-state index is -0.506. The molecule has 0 saturated heterocycles. The summed E-state index contributed by atoms with van der Waals surface area (Å²) in [5, 5.41) is 16.5. The van der Waals surface area contributed by atoms with Crippen molar-refractivity contribution >= 4 is 23.3 Å². The second-order valence-corrected chi connectivity index (χ2v) is 6.51. The van der Waals surface area contributed by atoms with Gasteiger partial charge in [-0.05, 0) is 38.1 Å². The zero-order valence-electron chi connectivity index (χ0n) is 15.4. The van der Waals surface area contributed by atoms with E-state index in [9.17, 15) is 14.9 Å². The summed E-state index contributed by atoms with van der Waals surface area (Å²) in [6.45, 7) is 3.65. The van der Waals surface area contributed by atoms with Crippen LogP contribution in [-0.4, -0.2) is 27.3 Å². The quantitative estimate of drug-likeness (QED) is 0.345. The molecule has 2 aromatic carbocycles. The maximum absolute atomic E-state index is 12.6. The zero-order chi connectivity index (χ0) is 20.3. The van der Waals surface area contributed by atoms with E-state index in [2.05, 4.69) is 5.10 Å². The Morgan fingerprint density at radius 1 is 1.21 bits per heavy atom. The maximum Gasteiger partial charge on any atom is 0.341 e. The van der Waals surface area contributed by atoms with Crippen molar-refractivity contribution in [3.63, 3.8) is 0 Å². The number of para-hydroxylation sites is 1. The molecule has 0 aliphatic rings. The van der Waals surface area contributed by atoms with Gasteiger partial charge in [0.1, 0.15) is 5.56 Å². The van der Waals surface area contributed by atoms with Crippen LogP contribution in [0.4, 0.5) is 5.69 Å². The number of aryl methyl sites for hydroxylation is 1. The third-order valence-electron chi connectivity index (χ3n) is 4.25. The number of benzene rings is 2. The number of aromatic nitrogens is 2. The molecular weight excluding hydrogens is 382 g/mol. The Labute approximate surface area is 166 Å². The van der Waals surface area contributed by atoms with Crippen molar-refractivity contribution in [3.05, 3.63) is 86.2 Å². The highest BCUT2D eigenvalue weighted by Gasteiger charge is 2.25. The fourth-order valence-electron chi connectivity index (χ4n) is 3.02. The molecule has 1 heterocycles. The van der Waals surface area contributed by atoms with Crippen LogP contribution in [0.1, 0.15) is 34.2 Å². The van der Waals surface area contributed by atoms with Gasteiger partial charge in [0.05, 0.1) is 28.6 Å². The molecule has 0 unspecified atom stereocenters. The number of halogens is 1. The normalized spacial score (nSPS) is 10.7. The third-order valence-corrected chi connectivity index (χ3v) is 4.50. The fraction of sp³-hybridized carbons (Fsp3) is 0.200. The van der Waals surface area contributed by atoms with Gasteiger partial charge < -0.3 is 4.74 Å². The van der Waals surface area contributed by atoms with Crippen molar-refractivity contribution in [1.82, 2.24) is 9.78 Å². The van der Waals surface area contributed by atoms with Gasteiger partial charge in [0.25, 0.3) is 5.69 Å². The number of nitro groups is 1. The molecule has 28 heavy (non-hydrogen) atoms. The van der Waals surface area contributed by atoms with Gasteiger partial charge in [-0.2, -0.15) is 5.10 Å². The van der Waals surface area contributed by atoms with E-state index in [1.807, 2.05) is 0 Å². The summed E-state index contributed by atoms with van der Waals surface area (Å²) in [7, 11) is 0. The van der Waals surface area contributed by atoms with Crippen LogP contribution in [0.3, 0.4) is 0 Å². The number of nitrogens with zero attached hydrogens (tertiary/aromatic N) is 3. The Bertz CT molecular complexity index is 1030. The van der Waals surface area contributed by atoms with Crippen molar-refractivity contribution in [2.75, 3.05) is 6.61 Å². The van der Waals surface area contributed by atoms with Gasteiger partial charge in [-0.15, -0.1) is 0 Å². The van der Waals surface area contributed by atoms with Crippen molar-refractivity contribution in [2.45, 2.75) is 20.3 Å². The smallest absolute Gasteiger partial charge is 0.341 e. The van der Waals surface area contributed by atoms with E-state index in [0.717, 1.165) is 0 Å². The highest BCUT2D eigenvalue weighted by Crippen LogP contribution is 2.27. The molecule has 0 aliphatic heterocycles. The van der Waals surface area contributed by atoms with Crippen LogP contribution in [0.25, 0.3) is 5.69 Å². The second kappa shape index (κ2) is 8.22. The number of esters is 1. The minimum absolute atomic E-state index is 0.0150. The Morgan fingerprint density at radius 3 is 2.54 bits per heavy atom. The van der Waals surface area contributed by atoms with Gasteiger partial charge in [-0.3, -0.25) is 10.1 Å². The Balaban J connectivity index is 2.18. The number of carbonyl (C=O) groups excluding carboxylic acids is 1. The molecule has 7 nitrogen and oxygen atoms in total. The van der Waals surface area contributed by atoms with E-state index in [1.54, 1.807) is 61.0 Å². The molecule has 0 amide bonds. The highest BCUT2D eigenvalue weighted by molar-refractivity contribution is 6.30. The lowest BCUT2D eigenvalue weighted by Gasteiger charge is -2.10. The second-order valence-electron chi connectivity index (χ2n) is 6.08. The van der Waals surface area contributed by atoms with E-state index in [4.69, 9.17) is 16.3 Å². The summed E-state index contributed by atoms with van der Waals surface area (Å²) in [5.41, 5.74) is 2.48. The number of carbonyl (C=O) groups is 1. The average Bonchev–Trinajstić information content (AvgIpc) is 2.99. The Hall–Kier alpha value is -3.19. The minimum Gasteiger partial charge on any atom is -0.462 e. The summed E-state index contributed by atoms with van der Waals surface area (Å²) in [4.78, 5) is 23.5. The van der Waals surface area contributed by atoms with Gasteiger partial charge in [0, 0.05) is 23.1 Å². The summed E-state index contributed by atoms with van der Waals surface area (Å²) < 4.78 is 6.79. The number of ether oxygens (including phenoxy) is 1. The van der Waals surface area contributed by atoms with Crippen molar-refractivity contribution in [2.24, 2.45) is 0 Å². The van der Waals surface area contributed by atoms with Crippen molar-refractivity contribution < 1.29 is 14.5 Å². The van der Waals surface area contributed by atoms with Gasteiger partial charge in [0.2, 0.25) is 0 Å². The first-order valence-corrected chi connectivity index (χ1v) is 9.04. The molecule has 0 aliphatic carbocycles. The lowest BCUT2D eigenvalue weighted by molar-refractivity contribution is -0.385. The fourth-order valence-corrected chi connectivity index (χ4v) is 3.15. The van der Waals surface area contributed by atoms with Crippen LogP contribution in [0.15, 0.2) is 48.5 Å². The molecule has 0 atom stereocenters. The average molecular weight is 400 g/mol. The van der Waals surface area contributed by atoms with Crippen LogP contribution in [0.2, 0.25) is 5.02 Å². The van der Waals surface area contributed by atoms with Crippen LogP contribution in [-0.2, 0) is 11.2 Å². The van der Waals surface area contributed by atoms with E-state index in [1.165, 1.54) is 6.07 Å². The molecule has 0 spiro atoms. The molecule has 144 valence electrons. The maximum atomic E-state index is 12.6. The van der Waals surface area contributed by atoms with Gasteiger partial charge >= 0.3 is 5.97 Å². The number of nitro benzene ring substituents is 1. The molecule has 1 aromatic heterocycles. The third kappa shape index (κ3) is 3.89. The molecule has 3 rings (SSSR count). The molecule has 3 aromatic rings.